The topological polar surface area (TPSA) is 81.3 Å². The van der Waals surface area contributed by atoms with E-state index in [4.69, 9.17) is 19.9 Å². The van der Waals surface area contributed by atoms with Crippen molar-refractivity contribution >= 4 is 5.96 Å². The molecular weight excluding hydrogens is 320 g/mol. The van der Waals surface area contributed by atoms with Crippen molar-refractivity contribution in [2.24, 2.45) is 10.7 Å². The lowest BCUT2D eigenvalue weighted by Gasteiger charge is -2.23. The van der Waals surface area contributed by atoms with Crippen LogP contribution in [0.2, 0.25) is 0 Å². The zero-order chi connectivity index (χ0) is 18.2. The molecular formula is C18H30N4O3. The highest BCUT2D eigenvalue weighted by molar-refractivity contribution is 5.78. The number of methoxy groups -OCH3 is 3. The number of aliphatic imine (C=N–C) groups is 1. The SMILES string of the molecule is CCN1CCCC1CNC(N)=NCc1ccc(OC)c(OC)c1OC. The third kappa shape index (κ3) is 4.69. The minimum atomic E-state index is 0.407. The lowest BCUT2D eigenvalue weighted by Crippen LogP contribution is -2.42. The monoisotopic (exact) mass is 350 g/mol. The van der Waals surface area contributed by atoms with E-state index in [2.05, 4.69) is 22.1 Å². The number of hydrogen-bond acceptors (Lipinski definition) is 5. The number of nitrogens with two attached hydrogens (primary N) is 1. The number of nitrogens with one attached hydrogen (secondary N) is 1. The quantitative estimate of drug-likeness (QED) is 0.547. The maximum Gasteiger partial charge on any atom is 0.203 e. The maximum absolute atomic E-state index is 6.03. The van der Waals surface area contributed by atoms with Crippen LogP contribution in [0.1, 0.15) is 25.3 Å². The molecule has 0 spiro atoms. The average Bonchev–Trinajstić information content (AvgIpc) is 3.11. The molecule has 1 atom stereocenters. The van der Waals surface area contributed by atoms with Gasteiger partial charge in [-0.2, -0.15) is 0 Å². The summed E-state index contributed by atoms with van der Waals surface area (Å²) in [5.41, 5.74) is 6.92. The lowest BCUT2D eigenvalue weighted by atomic mass is 10.1. The van der Waals surface area contributed by atoms with Gasteiger partial charge in [0.15, 0.2) is 17.5 Å². The number of ether oxygens (including phenoxy) is 3. The summed E-state index contributed by atoms with van der Waals surface area (Å²) in [5.74, 6) is 2.25. The van der Waals surface area contributed by atoms with Gasteiger partial charge in [0, 0.05) is 18.2 Å². The Morgan fingerprint density at radius 3 is 2.64 bits per heavy atom. The highest BCUT2D eigenvalue weighted by Gasteiger charge is 2.22. The smallest absolute Gasteiger partial charge is 0.203 e. The summed E-state index contributed by atoms with van der Waals surface area (Å²) in [6.07, 6.45) is 2.46. The molecule has 140 valence electrons. The molecule has 1 fully saturated rings. The third-order valence-electron chi connectivity index (χ3n) is 4.63. The molecule has 3 N–H and O–H groups in total. The van der Waals surface area contributed by atoms with Crippen LogP contribution in [0.3, 0.4) is 0 Å². The number of rotatable bonds is 8. The minimum absolute atomic E-state index is 0.407. The minimum Gasteiger partial charge on any atom is -0.493 e. The number of likely N-dealkylation sites (N-methyl/N-ethyl adjacent to an activating group) is 1. The van der Waals surface area contributed by atoms with E-state index < -0.39 is 0 Å². The van der Waals surface area contributed by atoms with Crippen LogP contribution in [-0.4, -0.2) is 57.9 Å². The van der Waals surface area contributed by atoms with Crippen molar-refractivity contribution in [3.05, 3.63) is 17.7 Å². The van der Waals surface area contributed by atoms with E-state index in [0.717, 1.165) is 18.7 Å². The third-order valence-corrected chi connectivity index (χ3v) is 4.63. The van der Waals surface area contributed by atoms with E-state index in [1.165, 1.54) is 19.4 Å². The van der Waals surface area contributed by atoms with Gasteiger partial charge in [-0.15, -0.1) is 0 Å². The van der Waals surface area contributed by atoms with Crippen LogP contribution in [0.5, 0.6) is 17.2 Å². The second-order valence-corrected chi connectivity index (χ2v) is 6.00. The molecule has 0 radical (unpaired) electrons. The molecule has 25 heavy (non-hydrogen) atoms. The van der Waals surface area contributed by atoms with Crippen molar-refractivity contribution in [2.45, 2.75) is 32.4 Å². The Labute approximate surface area is 150 Å². The molecule has 2 rings (SSSR count). The molecule has 1 aromatic rings. The Morgan fingerprint density at radius 2 is 2.00 bits per heavy atom. The second kappa shape index (κ2) is 9.36. The molecule has 7 nitrogen and oxygen atoms in total. The summed E-state index contributed by atoms with van der Waals surface area (Å²) in [5, 5.41) is 3.24. The summed E-state index contributed by atoms with van der Waals surface area (Å²) < 4.78 is 16.2. The van der Waals surface area contributed by atoms with Gasteiger partial charge < -0.3 is 25.3 Å². The number of hydrogen-bond donors (Lipinski definition) is 2. The Bertz CT molecular complexity index is 592. The standard InChI is InChI=1S/C18H30N4O3/c1-5-22-10-6-7-14(22)12-21-18(19)20-11-13-8-9-15(23-2)17(25-4)16(13)24-3/h8-9,14H,5-7,10-12H2,1-4H3,(H3,19,20,21). The number of nitrogens with zero attached hydrogens (tertiary/aromatic N) is 2. The fourth-order valence-electron chi connectivity index (χ4n) is 3.28. The zero-order valence-electron chi connectivity index (χ0n) is 15.7. The van der Waals surface area contributed by atoms with E-state index >= 15 is 0 Å². The molecule has 0 bridgehead atoms. The van der Waals surface area contributed by atoms with Crippen LogP contribution in [-0.2, 0) is 6.54 Å². The van der Waals surface area contributed by atoms with Crippen molar-refractivity contribution in [1.82, 2.24) is 10.2 Å². The van der Waals surface area contributed by atoms with Gasteiger partial charge in [-0.25, -0.2) is 4.99 Å². The maximum atomic E-state index is 6.03. The normalized spacial score (nSPS) is 18.2. The Hall–Kier alpha value is -2.15. The molecule has 1 aliphatic rings. The van der Waals surface area contributed by atoms with Gasteiger partial charge in [0.2, 0.25) is 5.75 Å². The number of guanidine groups is 1. The van der Waals surface area contributed by atoms with Crippen molar-refractivity contribution in [3.63, 3.8) is 0 Å². The van der Waals surface area contributed by atoms with E-state index in [0.29, 0.717) is 35.8 Å². The second-order valence-electron chi connectivity index (χ2n) is 6.00. The predicted molar refractivity (Wildman–Crippen MR) is 99.7 cm³/mol. The molecule has 1 aromatic carbocycles. The predicted octanol–water partition coefficient (Wildman–Crippen LogP) is 1.60. The van der Waals surface area contributed by atoms with Crippen molar-refractivity contribution in [2.75, 3.05) is 41.0 Å². The Balaban J connectivity index is 2.00. The van der Waals surface area contributed by atoms with E-state index in [1.807, 2.05) is 12.1 Å². The van der Waals surface area contributed by atoms with Gasteiger partial charge in [-0.3, -0.25) is 4.90 Å². The Kier molecular flexibility index (Phi) is 7.18. The highest BCUT2D eigenvalue weighted by Crippen LogP contribution is 2.39. The van der Waals surface area contributed by atoms with Crippen LogP contribution in [0.25, 0.3) is 0 Å². The summed E-state index contributed by atoms with van der Waals surface area (Å²) in [7, 11) is 4.79. The van der Waals surface area contributed by atoms with Gasteiger partial charge in [0.25, 0.3) is 0 Å². The van der Waals surface area contributed by atoms with Crippen LogP contribution in [0, 0.1) is 0 Å². The Morgan fingerprint density at radius 1 is 1.24 bits per heavy atom. The first-order valence-electron chi connectivity index (χ1n) is 8.70. The molecule has 0 amide bonds. The molecule has 1 saturated heterocycles. The van der Waals surface area contributed by atoms with Crippen LogP contribution in [0.15, 0.2) is 17.1 Å². The lowest BCUT2D eigenvalue weighted by molar-refractivity contribution is 0.267. The fourth-order valence-corrected chi connectivity index (χ4v) is 3.28. The van der Waals surface area contributed by atoms with Gasteiger partial charge in [0.05, 0.1) is 27.9 Å². The molecule has 1 aliphatic heterocycles. The van der Waals surface area contributed by atoms with E-state index in [1.54, 1.807) is 21.3 Å². The summed E-state index contributed by atoms with van der Waals surface area (Å²) in [6.45, 7) is 5.67. The largest absolute Gasteiger partial charge is 0.493 e. The number of likely N-dealkylation sites (tertiary alicyclic amines) is 1. The number of benzene rings is 1. The highest BCUT2D eigenvalue weighted by atomic mass is 16.5. The summed E-state index contributed by atoms with van der Waals surface area (Å²) in [4.78, 5) is 6.90. The first-order chi connectivity index (χ1) is 12.1. The molecule has 1 unspecified atom stereocenters. The van der Waals surface area contributed by atoms with Gasteiger partial charge in [-0.05, 0) is 38.1 Å². The molecule has 0 aromatic heterocycles. The van der Waals surface area contributed by atoms with Gasteiger partial charge in [-0.1, -0.05) is 6.92 Å². The van der Waals surface area contributed by atoms with E-state index in [9.17, 15) is 0 Å². The average molecular weight is 350 g/mol. The van der Waals surface area contributed by atoms with Gasteiger partial charge in [0.1, 0.15) is 0 Å². The molecule has 0 saturated carbocycles. The van der Waals surface area contributed by atoms with Crippen molar-refractivity contribution in [3.8, 4) is 17.2 Å². The van der Waals surface area contributed by atoms with Crippen LogP contribution < -0.4 is 25.3 Å². The molecule has 7 heteroatoms. The van der Waals surface area contributed by atoms with Crippen molar-refractivity contribution < 1.29 is 14.2 Å². The van der Waals surface area contributed by atoms with E-state index in [-0.39, 0.29) is 0 Å². The summed E-state index contributed by atoms with van der Waals surface area (Å²) in [6, 6.07) is 4.29. The first kappa shape index (κ1) is 19.2. The van der Waals surface area contributed by atoms with Gasteiger partial charge >= 0.3 is 0 Å². The van der Waals surface area contributed by atoms with Crippen molar-refractivity contribution in [1.29, 1.82) is 0 Å². The summed E-state index contributed by atoms with van der Waals surface area (Å²) >= 11 is 0. The molecule has 1 heterocycles. The molecule has 0 aliphatic carbocycles. The first-order valence-corrected chi connectivity index (χ1v) is 8.70. The fraction of sp³-hybridized carbons (Fsp3) is 0.611. The van der Waals surface area contributed by atoms with Crippen LogP contribution >= 0.6 is 0 Å². The zero-order valence-corrected chi connectivity index (χ0v) is 15.7. The van der Waals surface area contributed by atoms with Crippen LogP contribution in [0.4, 0.5) is 0 Å².